The van der Waals surface area contributed by atoms with Gasteiger partial charge in [-0.15, -0.1) is 0 Å². The van der Waals surface area contributed by atoms with Gasteiger partial charge in [0.25, 0.3) is 5.56 Å². The van der Waals surface area contributed by atoms with Crippen LogP contribution in [0.1, 0.15) is 12.8 Å². The maximum Gasteiger partial charge on any atom is 0.252 e. The Morgan fingerprint density at radius 1 is 1.50 bits per heavy atom. The minimum Gasteiger partial charge on any atom is -0.300 e. The summed E-state index contributed by atoms with van der Waals surface area (Å²) in [6, 6.07) is 3.65. The Balaban J connectivity index is 2.53. The number of hydrogen-bond acceptors (Lipinski definition) is 1. The van der Waals surface area contributed by atoms with Crippen LogP contribution in [0.2, 0.25) is 0 Å². The van der Waals surface area contributed by atoms with Crippen LogP contribution in [0.25, 0.3) is 0 Å². The van der Waals surface area contributed by atoms with Gasteiger partial charge in [0.15, 0.2) is 0 Å². The zero-order valence-electron chi connectivity index (χ0n) is 6.26. The molecule has 0 unspecified atom stereocenters. The maximum atomic E-state index is 11.5. The van der Waals surface area contributed by atoms with Crippen molar-refractivity contribution in [1.29, 1.82) is 0 Å². The molecule has 0 radical (unpaired) electrons. The van der Waals surface area contributed by atoms with Crippen molar-refractivity contribution in [3.63, 3.8) is 0 Å². The van der Waals surface area contributed by atoms with E-state index < -0.39 is 0 Å². The van der Waals surface area contributed by atoms with Crippen molar-refractivity contribution in [3.8, 4) is 0 Å². The summed E-state index contributed by atoms with van der Waals surface area (Å²) in [7, 11) is 0. The number of pyridine rings is 1. The summed E-state index contributed by atoms with van der Waals surface area (Å²) in [4.78, 5) is 11.5. The van der Waals surface area contributed by atoms with Gasteiger partial charge in [-0.1, -0.05) is 22.6 Å². The van der Waals surface area contributed by atoms with Crippen LogP contribution >= 0.6 is 45.2 Å². The van der Waals surface area contributed by atoms with E-state index in [2.05, 4.69) is 45.2 Å². The molecule has 0 amide bonds. The summed E-state index contributed by atoms with van der Waals surface area (Å²) in [6.45, 7) is 0. The second kappa shape index (κ2) is 2.97. The van der Waals surface area contributed by atoms with Gasteiger partial charge in [0.2, 0.25) is 0 Å². The van der Waals surface area contributed by atoms with Crippen molar-refractivity contribution < 1.29 is 0 Å². The Morgan fingerprint density at radius 3 is 2.67 bits per heavy atom. The Hall–Kier alpha value is 0.410. The van der Waals surface area contributed by atoms with E-state index in [0.717, 1.165) is 16.4 Å². The molecule has 1 heterocycles. The molecule has 0 atom stereocenters. The van der Waals surface area contributed by atoms with Crippen molar-refractivity contribution >= 4 is 45.2 Å². The van der Waals surface area contributed by atoms with E-state index in [4.69, 9.17) is 0 Å². The molecule has 1 aliphatic rings. The quantitative estimate of drug-likeness (QED) is 0.536. The molecule has 4 heteroatoms. The first-order valence-electron chi connectivity index (χ1n) is 3.69. The van der Waals surface area contributed by atoms with Gasteiger partial charge in [-0.2, -0.15) is 0 Å². The lowest BCUT2D eigenvalue weighted by Gasteiger charge is -2.10. The molecule has 1 fully saturated rings. The van der Waals surface area contributed by atoms with E-state index in [1.807, 2.05) is 16.8 Å². The van der Waals surface area contributed by atoms with Gasteiger partial charge in [0, 0.05) is 15.8 Å². The molecule has 0 N–H and O–H groups in total. The van der Waals surface area contributed by atoms with E-state index in [0.29, 0.717) is 0 Å². The predicted octanol–water partition coefficient (Wildman–Crippen LogP) is 2.33. The van der Waals surface area contributed by atoms with Crippen LogP contribution in [0.15, 0.2) is 23.1 Å². The molecule has 1 saturated carbocycles. The molecular weight excluding hydrogens is 380 g/mol. The van der Waals surface area contributed by atoms with Crippen molar-refractivity contribution in [2.75, 3.05) is 0 Å². The van der Waals surface area contributed by atoms with E-state index in [1.54, 1.807) is 6.07 Å². The number of hydrogen-bond donors (Lipinski definition) is 0. The Kier molecular flexibility index (Phi) is 2.22. The molecule has 1 aromatic rings. The van der Waals surface area contributed by atoms with Crippen LogP contribution in [0.4, 0.5) is 0 Å². The molecule has 2 nitrogen and oxygen atoms in total. The van der Waals surface area contributed by atoms with Gasteiger partial charge in [0.1, 0.15) is 0 Å². The third-order valence-electron chi connectivity index (χ3n) is 1.98. The maximum absolute atomic E-state index is 11.5. The number of alkyl halides is 1. The zero-order chi connectivity index (χ0) is 8.77. The molecule has 1 aliphatic carbocycles. The lowest BCUT2D eigenvalue weighted by atomic mass is 10.4. The van der Waals surface area contributed by atoms with Gasteiger partial charge < -0.3 is 4.57 Å². The van der Waals surface area contributed by atoms with Crippen LogP contribution in [0, 0.1) is 3.57 Å². The Bertz CT molecular complexity index is 368. The summed E-state index contributed by atoms with van der Waals surface area (Å²) in [6.07, 6.45) is 4.13. The minimum atomic E-state index is 0.0964. The van der Waals surface area contributed by atoms with Crippen LogP contribution in [-0.2, 0) is 3.55 Å². The van der Waals surface area contributed by atoms with E-state index in [-0.39, 0.29) is 9.10 Å². The molecular formula is C8H7I2NO. The van der Waals surface area contributed by atoms with Crippen LogP contribution in [0.5, 0.6) is 0 Å². The highest BCUT2D eigenvalue weighted by Crippen LogP contribution is 2.48. The first-order valence-corrected chi connectivity index (χ1v) is 5.85. The summed E-state index contributed by atoms with van der Waals surface area (Å²) >= 11 is 4.51. The summed E-state index contributed by atoms with van der Waals surface area (Å²) in [5.41, 5.74) is 0.119. The number of halogens is 2. The normalized spacial score (nSPS) is 19.2. The smallest absolute Gasteiger partial charge is 0.252 e. The summed E-state index contributed by atoms with van der Waals surface area (Å²) in [5.74, 6) is 0. The van der Waals surface area contributed by atoms with Gasteiger partial charge in [-0.05, 0) is 41.5 Å². The van der Waals surface area contributed by atoms with Gasteiger partial charge in [-0.3, -0.25) is 4.79 Å². The monoisotopic (exact) mass is 387 g/mol. The van der Waals surface area contributed by atoms with Crippen molar-refractivity contribution in [1.82, 2.24) is 4.57 Å². The third-order valence-corrected chi connectivity index (χ3v) is 4.25. The molecule has 0 aliphatic heterocycles. The highest BCUT2D eigenvalue weighted by atomic mass is 127. The molecule has 0 aromatic carbocycles. The van der Waals surface area contributed by atoms with Gasteiger partial charge >= 0.3 is 0 Å². The number of nitrogens with zero attached hydrogens (tertiary/aromatic N) is 1. The number of rotatable bonds is 1. The average molecular weight is 387 g/mol. The fourth-order valence-corrected chi connectivity index (χ4v) is 2.23. The second-order valence-corrected chi connectivity index (χ2v) is 6.22. The molecule has 12 heavy (non-hydrogen) atoms. The fraction of sp³-hybridized carbons (Fsp3) is 0.375. The van der Waals surface area contributed by atoms with Crippen molar-refractivity contribution in [2.45, 2.75) is 16.4 Å². The van der Waals surface area contributed by atoms with E-state index >= 15 is 0 Å². The van der Waals surface area contributed by atoms with Crippen LogP contribution in [-0.4, -0.2) is 4.57 Å². The topological polar surface area (TPSA) is 22.0 Å². The molecule has 0 saturated heterocycles. The minimum absolute atomic E-state index is 0.0964. The van der Waals surface area contributed by atoms with Crippen LogP contribution in [0.3, 0.4) is 0 Å². The first-order chi connectivity index (χ1) is 5.62. The Morgan fingerprint density at radius 2 is 2.17 bits per heavy atom. The van der Waals surface area contributed by atoms with Gasteiger partial charge in [0.05, 0.1) is 3.55 Å². The fourth-order valence-electron chi connectivity index (χ4n) is 1.13. The highest BCUT2D eigenvalue weighted by molar-refractivity contribution is 14.1. The summed E-state index contributed by atoms with van der Waals surface area (Å²) in [5, 5.41) is 0. The van der Waals surface area contributed by atoms with E-state index in [9.17, 15) is 4.79 Å². The Labute approximate surface area is 97.6 Å². The molecule has 1 aromatic heterocycles. The molecule has 0 bridgehead atoms. The predicted molar refractivity (Wildman–Crippen MR) is 64.6 cm³/mol. The highest BCUT2D eigenvalue weighted by Gasteiger charge is 2.42. The zero-order valence-corrected chi connectivity index (χ0v) is 10.6. The van der Waals surface area contributed by atoms with Gasteiger partial charge in [-0.25, -0.2) is 0 Å². The van der Waals surface area contributed by atoms with Crippen LogP contribution < -0.4 is 5.56 Å². The first kappa shape index (κ1) is 8.98. The summed E-state index contributed by atoms with van der Waals surface area (Å²) < 4.78 is 2.93. The largest absolute Gasteiger partial charge is 0.300 e. The van der Waals surface area contributed by atoms with E-state index in [1.165, 1.54) is 0 Å². The molecule has 0 spiro atoms. The standard InChI is InChI=1S/C8H7I2NO/c9-6-1-4-11(7(12)5-6)8(10)2-3-8/h1,4-5H,2-3H2. The average Bonchev–Trinajstić information content (AvgIpc) is 2.68. The number of aromatic nitrogens is 1. The molecule has 64 valence electrons. The lowest BCUT2D eigenvalue weighted by Crippen LogP contribution is -2.24. The SMILES string of the molecule is O=c1cc(I)ccn1C1(I)CC1. The second-order valence-electron chi connectivity index (χ2n) is 2.97. The molecule has 2 rings (SSSR count). The van der Waals surface area contributed by atoms with Crippen molar-refractivity contribution in [2.24, 2.45) is 0 Å². The third kappa shape index (κ3) is 1.55. The lowest BCUT2D eigenvalue weighted by molar-refractivity contribution is 0.679. The van der Waals surface area contributed by atoms with Crippen molar-refractivity contribution in [3.05, 3.63) is 32.3 Å².